The molecule has 0 saturated carbocycles. The van der Waals surface area contributed by atoms with Crippen molar-refractivity contribution in [2.75, 3.05) is 33.2 Å². The van der Waals surface area contributed by atoms with Gasteiger partial charge >= 0.3 is 0 Å². The van der Waals surface area contributed by atoms with Crippen molar-refractivity contribution in [3.05, 3.63) is 35.6 Å². The summed E-state index contributed by atoms with van der Waals surface area (Å²) < 4.78 is 12.8. The lowest BCUT2D eigenvalue weighted by Crippen LogP contribution is -3.09. The first-order valence-corrected chi connectivity index (χ1v) is 6.48. The molecule has 2 rings (SSSR count). The maximum absolute atomic E-state index is 12.8. The van der Waals surface area contributed by atoms with Crippen LogP contribution in [0.15, 0.2) is 24.3 Å². The molecule has 4 heteroatoms. The van der Waals surface area contributed by atoms with Gasteiger partial charge in [-0.3, -0.25) is 4.79 Å². The van der Waals surface area contributed by atoms with Crippen LogP contribution in [0.1, 0.15) is 12.0 Å². The molecular formula is C14H20FN2O+. The molecule has 18 heavy (non-hydrogen) atoms. The van der Waals surface area contributed by atoms with Gasteiger partial charge in [0.25, 0.3) is 0 Å². The van der Waals surface area contributed by atoms with E-state index in [-0.39, 0.29) is 11.7 Å². The van der Waals surface area contributed by atoms with Crippen molar-refractivity contribution >= 4 is 5.91 Å². The van der Waals surface area contributed by atoms with E-state index >= 15 is 0 Å². The zero-order valence-corrected chi connectivity index (χ0v) is 10.8. The van der Waals surface area contributed by atoms with Crippen LogP contribution < -0.4 is 4.90 Å². The van der Waals surface area contributed by atoms with Gasteiger partial charge in [0.2, 0.25) is 5.91 Å². The van der Waals surface area contributed by atoms with Crippen molar-refractivity contribution in [3.8, 4) is 0 Å². The van der Waals surface area contributed by atoms with Crippen LogP contribution in [0.4, 0.5) is 4.39 Å². The van der Waals surface area contributed by atoms with Crippen LogP contribution in [-0.4, -0.2) is 44.0 Å². The predicted octanol–water partition coefficient (Wildman–Crippen LogP) is 0.115. The molecule has 1 unspecified atom stereocenters. The minimum atomic E-state index is -0.258. The highest BCUT2D eigenvalue weighted by Crippen LogP contribution is 2.06. The highest BCUT2D eigenvalue weighted by atomic mass is 19.1. The quantitative estimate of drug-likeness (QED) is 0.793. The summed E-state index contributed by atoms with van der Waals surface area (Å²) in [6.45, 7) is 3.80. The smallest absolute Gasteiger partial charge is 0.227 e. The second kappa shape index (κ2) is 5.96. The van der Waals surface area contributed by atoms with Gasteiger partial charge in [-0.1, -0.05) is 12.1 Å². The van der Waals surface area contributed by atoms with Gasteiger partial charge < -0.3 is 9.80 Å². The number of likely N-dealkylation sites (N-methyl/N-ethyl adjacent to an activating group) is 1. The average molecular weight is 251 g/mol. The third kappa shape index (κ3) is 3.53. The van der Waals surface area contributed by atoms with E-state index in [0.717, 1.165) is 38.2 Å². The Bertz CT molecular complexity index is 405. The second-order valence-corrected chi connectivity index (χ2v) is 4.99. The van der Waals surface area contributed by atoms with Crippen LogP contribution in [0.2, 0.25) is 0 Å². The van der Waals surface area contributed by atoms with Crippen LogP contribution in [0.3, 0.4) is 0 Å². The minimum Gasteiger partial charge on any atom is -0.337 e. The molecular weight excluding hydrogens is 231 g/mol. The van der Waals surface area contributed by atoms with Crippen LogP contribution in [-0.2, 0) is 11.2 Å². The highest BCUT2D eigenvalue weighted by molar-refractivity contribution is 5.78. The summed E-state index contributed by atoms with van der Waals surface area (Å²) in [5.41, 5.74) is 0.881. The molecule has 1 fully saturated rings. The van der Waals surface area contributed by atoms with Gasteiger partial charge in [0.15, 0.2) is 0 Å². The monoisotopic (exact) mass is 251 g/mol. The summed E-state index contributed by atoms with van der Waals surface area (Å²) in [6, 6.07) is 6.18. The Morgan fingerprint density at radius 1 is 1.28 bits per heavy atom. The Balaban J connectivity index is 1.92. The number of carbonyl (C=O) groups is 1. The zero-order valence-electron chi connectivity index (χ0n) is 10.8. The van der Waals surface area contributed by atoms with E-state index in [1.54, 1.807) is 12.1 Å². The Morgan fingerprint density at radius 2 is 2.00 bits per heavy atom. The molecule has 1 atom stereocenters. The minimum absolute atomic E-state index is 0.149. The lowest BCUT2D eigenvalue weighted by molar-refractivity contribution is -0.877. The standard InChI is InChI=1S/C14H19FN2O/c1-16-7-2-8-17(10-9-16)14(18)11-12-3-5-13(15)6-4-12/h3-6H,2,7-11H2,1H3/p+1. The lowest BCUT2D eigenvalue weighted by Gasteiger charge is -2.19. The van der Waals surface area contributed by atoms with Crippen LogP contribution in [0.5, 0.6) is 0 Å². The zero-order chi connectivity index (χ0) is 13.0. The molecule has 0 spiro atoms. The van der Waals surface area contributed by atoms with Crippen molar-refractivity contribution in [1.29, 1.82) is 0 Å². The molecule has 0 aromatic heterocycles. The number of benzene rings is 1. The third-order valence-electron chi connectivity index (χ3n) is 3.46. The van der Waals surface area contributed by atoms with Gasteiger partial charge in [0.1, 0.15) is 5.82 Å². The van der Waals surface area contributed by atoms with Crippen molar-refractivity contribution in [2.24, 2.45) is 0 Å². The van der Waals surface area contributed by atoms with Gasteiger partial charge in [-0.05, 0) is 17.7 Å². The fourth-order valence-electron chi connectivity index (χ4n) is 2.27. The van der Waals surface area contributed by atoms with Crippen molar-refractivity contribution < 1.29 is 14.1 Å². The molecule has 1 saturated heterocycles. The lowest BCUT2D eigenvalue weighted by atomic mass is 10.1. The molecule has 1 heterocycles. The Labute approximate surface area is 107 Å². The average Bonchev–Trinajstić information content (AvgIpc) is 2.57. The number of nitrogens with zero attached hydrogens (tertiary/aromatic N) is 1. The molecule has 0 radical (unpaired) electrons. The Kier molecular flexibility index (Phi) is 4.31. The molecule has 1 amide bonds. The summed E-state index contributed by atoms with van der Waals surface area (Å²) in [4.78, 5) is 15.5. The maximum Gasteiger partial charge on any atom is 0.227 e. The third-order valence-corrected chi connectivity index (χ3v) is 3.46. The molecule has 1 aliphatic heterocycles. The molecule has 0 aliphatic carbocycles. The van der Waals surface area contributed by atoms with E-state index in [1.807, 2.05) is 4.90 Å². The van der Waals surface area contributed by atoms with E-state index in [2.05, 4.69) is 7.05 Å². The summed E-state index contributed by atoms with van der Waals surface area (Å²) in [6.07, 6.45) is 1.43. The summed E-state index contributed by atoms with van der Waals surface area (Å²) >= 11 is 0. The van der Waals surface area contributed by atoms with Gasteiger partial charge in [-0.25, -0.2) is 4.39 Å². The van der Waals surface area contributed by atoms with Gasteiger partial charge in [0.05, 0.1) is 33.1 Å². The molecule has 1 aromatic rings. The normalized spacial score (nSPS) is 20.6. The van der Waals surface area contributed by atoms with Crippen LogP contribution in [0, 0.1) is 5.82 Å². The van der Waals surface area contributed by atoms with E-state index in [4.69, 9.17) is 0 Å². The number of hydrogen-bond acceptors (Lipinski definition) is 1. The first-order chi connectivity index (χ1) is 8.65. The van der Waals surface area contributed by atoms with Gasteiger partial charge in [-0.15, -0.1) is 0 Å². The van der Waals surface area contributed by atoms with E-state index in [1.165, 1.54) is 17.0 Å². The molecule has 1 aromatic carbocycles. The highest BCUT2D eigenvalue weighted by Gasteiger charge is 2.19. The summed E-state index contributed by atoms with van der Waals surface area (Å²) in [7, 11) is 2.16. The molecule has 1 N–H and O–H groups in total. The first-order valence-electron chi connectivity index (χ1n) is 6.48. The molecule has 98 valence electrons. The number of hydrogen-bond donors (Lipinski definition) is 1. The molecule has 0 bridgehead atoms. The summed E-state index contributed by atoms with van der Waals surface area (Å²) in [5, 5.41) is 0. The van der Waals surface area contributed by atoms with Crippen molar-refractivity contribution in [2.45, 2.75) is 12.8 Å². The van der Waals surface area contributed by atoms with Crippen LogP contribution in [0.25, 0.3) is 0 Å². The number of nitrogens with one attached hydrogen (secondary N) is 1. The number of rotatable bonds is 2. The topological polar surface area (TPSA) is 24.8 Å². The van der Waals surface area contributed by atoms with E-state index in [0.29, 0.717) is 6.42 Å². The number of halogens is 1. The Morgan fingerprint density at radius 3 is 2.72 bits per heavy atom. The van der Waals surface area contributed by atoms with Crippen molar-refractivity contribution in [1.82, 2.24) is 4.90 Å². The number of carbonyl (C=O) groups excluding carboxylic acids is 1. The second-order valence-electron chi connectivity index (χ2n) is 4.99. The predicted molar refractivity (Wildman–Crippen MR) is 67.9 cm³/mol. The Hall–Kier alpha value is -1.42. The summed E-state index contributed by atoms with van der Waals surface area (Å²) in [5.74, 6) is -0.109. The van der Waals surface area contributed by atoms with Crippen molar-refractivity contribution in [3.63, 3.8) is 0 Å². The largest absolute Gasteiger partial charge is 0.337 e. The first kappa shape index (κ1) is 13.0. The SMILES string of the molecule is C[NH+]1CCCN(C(=O)Cc2ccc(F)cc2)CC1. The fourth-order valence-corrected chi connectivity index (χ4v) is 2.27. The van der Waals surface area contributed by atoms with Crippen LogP contribution >= 0.6 is 0 Å². The number of amides is 1. The molecule has 1 aliphatic rings. The van der Waals surface area contributed by atoms with Gasteiger partial charge in [0, 0.05) is 13.0 Å². The van der Waals surface area contributed by atoms with Gasteiger partial charge in [-0.2, -0.15) is 0 Å². The number of quaternary nitrogens is 1. The van der Waals surface area contributed by atoms with E-state index in [9.17, 15) is 9.18 Å². The maximum atomic E-state index is 12.8. The molecule has 3 nitrogen and oxygen atoms in total. The van der Waals surface area contributed by atoms with E-state index < -0.39 is 0 Å². The fraction of sp³-hybridized carbons (Fsp3) is 0.500.